The summed E-state index contributed by atoms with van der Waals surface area (Å²) in [5.41, 5.74) is 2.17. The minimum absolute atomic E-state index is 0.0628. The molecule has 0 saturated heterocycles. The van der Waals surface area contributed by atoms with Crippen molar-refractivity contribution in [2.75, 3.05) is 12.9 Å². The number of furan rings is 1. The standard InChI is InChI=1S/C18H19NO5S/c1-4-23-16-6-5-12(11-25(3,21)22)9-14(16)15-10-19(2)18(20)17-13(15)7-8-24-17/h5-10H,4,11H2,1-3H3. The number of hydrogen-bond acceptors (Lipinski definition) is 5. The van der Waals surface area contributed by atoms with Crippen LogP contribution in [0.25, 0.3) is 22.1 Å². The lowest BCUT2D eigenvalue weighted by molar-refractivity contribution is 0.341. The van der Waals surface area contributed by atoms with Crippen LogP contribution in [0, 0.1) is 0 Å². The van der Waals surface area contributed by atoms with Gasteiger partial charge in [0, 0.05) is 36.0 Å². The van der Waals surface area contributed by atoms with E-state index in [4.69, 9.17) is 9.15 Å². The van der Waals surface area contributed by atoms with Gasteiger partial charge in [-0.25, -0.2) is 8.42 Å². The molecule has 2 aromatic heterocycles. The maximum Gasteiger partial charge on any atom is 0.293 e. The van der Waals surface area contributed by atoms with E-state index in [1.54, 1.807) is 37.5 Å². The molecular weight excluding hydrogens is 342 g/mol. The van der Waals surface area contributed by atoms with Crippen LogP contribution >= 0.6 is 0 Å². The smallest absolute Gasteiger partial charge is 0.293 e. The summed E-state index contributed by atoms with van der Waals surface area (Å²) < 4.78 is 35.8. The summed E-state index contributed by atoms with van der Waals surface area (Å²) in [6.45, 7) is 2.35. The van der Waals surface area contributed by atoms with Crippen molar-refractivity contribution < 1.29 is 17.6 Å². The second-order valence-electron chi connectivity index (χ2n) is 5.96. The Kier molecular flexibility index (Phi) is 4.43. The summed E-state index contributed by atoms with van der Waals surface area (Å²) in [5.74, 6) is 0.563. The molecule has 0 saturated carbocycles. The highest BCUT2D eigenvalue weighted by atomic mass is 32.2. The number of rotatable bonds is 5. The molecule has 0 radical (unpaired) electrons. The van der Waals surface area contributed by atoms with Gasteiger partial charge in [-0.15, -0.1) is 0 Å². The molecule has 2 heterocycles. The van der Waals surface area contributed by atoms with Crippen molar-refractivity contribution in [1.29, 1.82) is 0 Å². The molecule has 0 atom stereocenters. The minimum atomic E-state index is -3.16. The fourth-order valence-corrected chi connectivity index (χ4v) is 3.63. The number of nitrogens with zero attached hydrogens (tertiary/aromatic N) is 1. The summed E-state index contributed by atoms with van der Waals surface area (Å²) in [7, 11) is -1.52. The number of fused-ring (bicyclic) bond motifs is 1. The lowest BCUT2D eigenvalue weighted by Gasteiger charge is -2.14. The molecule has 1 aromatic carbocycles. The maximum atomic E-state index is 12.2. The van der Waals surface area contributed by atoms with Gasteiger partial charge in [-0.1, -0.05) is 6.07 Å². The molecule has 25 heavy (non-hydrogen) atoms. The predicted molar refractivity (Wildman–Crippen MR) is 96.6 cm³/mol. The van der Waals surface area contributed by atoms with Gasteiger partial charge in [0.15, 0.2) is 15.4 Å². The van der Waals surface area contributed by atoms with E-state index in [1.165, 1.54) is 17.1 Å². The fraction of sp³-hybridized carbons (Fsp3) is 0.278. The zero-order chi connectivity index (χ0) is 18.2. The van der Waals surface area contributed by atoms with E-state index in [0.29, 0.717) is 23.3 Å². The fourth-order valence-electron chi connectivity index (χ4n) is 2.85. The monoisotopic (exact) mass is 361 g/mol. The lowest BCUT2D eigenvalue weighted by Crippen LogP contribution is -2.15. The molecule has 0 amide bonds. The average molecular weight is 361 g/mol. The summed E-state index contributed by atoms with van der Waals surface area (Å²) in [6.07, 6.45) is 4.38. The van der Waals surface area contributed by atoms with Crippen molar-refractivity contribution in [2.45, 2.75) is 12.7 Å². The van der Waals surface area contributed by atoms with E-state index in [9.17, 15) is 13.2 Å². The Hall–Kier alpha value is -2.54. The average Bonchev–Trinajstić information content (AvgIpc) is 3.01. The maximum absolute atomic E-state index is 12.2. The van der Waals surface area contributed by atoms with Gasteiger partial charge in [-0.05, 0) is 30.7 Å². The Balaban J connectivity index is 2.28. The highest BCUT2D eigenvalue weighted by Gasteiger charge is 2.17. The van der Waals surface area contributed by atoms with E-state index in [0.717, 1.165) is 11.1 Å². The largest absolute Gasteiger partial charge is 0.493 e. The Morgan fingerprint density at radius 1 is 1.20 bits per heavy atom. The number of aromatic nitrogens is 1. The molecular formula is C18H19NO5S. The van der Waals surface area contributed by atoms with Gasteiger partial charge < -0.3 is 13.7 Å². The Morgan fingerprint density at radius 2 is 1.96 bits per heavy atom. The third-order valence-corrected chi connectivity index (χ3v) is 4.71. The first-order valence-corrected chi connectivity index (χ1v) is 9.87. The molecule has 3 rings (SSSR count). The predicted octanol–water partition coefficient (Wildman–Crippen LogP) is 2.74. The molecule has 7 heteroatoms. The van der Waals surface area contributed by atoms with Crippen molar-refractivity contribution in [3.63, 3.8) is 0 Å². The first kappa shape index (κ1) is 17.3. The third-order valence-electron chi connectivity index (χ3n) is 3.86. The second kappa shape index (κ2) is 6.40. The van der Waals surface area contributed by atoms with Gasteiger partial charge in [0.1, 0.15) is 5.75 Å². The van der Waals surface area contributed by atoms with Gasteiger partial charge in [0.05, 0.1) is 18.6 Å². The van der Waals surface area contributed by atoms with Gasteiger partial charge >= 0.3 is 0 Å². The van der Waals surface area contributed by atoms with Crippen molar-refractivity contribution in [1.82, 2.24) is 4.57 Å². The summed E-state index contributed by atoms with van der Waals surface area (Å²) >= 11 is 0. The lowest BCUT2D eigenvalue weighted by atomic mass is 10.0. The molecule has 3 aromatic rings. The number of hydrogen-bond donors (Lipinski definition) is 0. The second-order valence-corrected chi connectivity index (χ2v) is 8.10. The van der Waals surface area contributed by atoms with Crippen LogP contribution in [0.2, 0.25) is 0 Å². The molecule has 6 nitrogen and oxygen atoms in total. The SMILES string of the molecule is CCOc1ccc(CS(C)(=O)=O)cc1-c1cn(C)c(=O)c2occc12. The first-order valence-electron chi connectivity index (χ1n) is 7.81. The van der Waals surface area contributed by atoms with E-state index < -0.39 is 9.84 Å². The van der Waals surface area contributed by atoms with Crippen LogP contribution in [0.15, 0.2) is 45.9 Å². The molecule has 0 aliphatic heterocycles. The van der Waals surface area contributed by atoms with Crippen LogP contribution in [0.3, 0.4) is 0 Å². The van der Waals surface area contributed by atoms with Gasteiger partial charge in [0.25, 0.3) is 5.56 Å². The molecule has 0 spiro atoms. The van der Waals surface area contributed by atoms with Gasteiger partial charge in [0.2, 0.25) is 0 Å². The van der Waals surface area contributed by atoms with E-state index >= 15 is 0 Å². The van der Waals surface area contributed by atoms with Crippen molar-refractivity contribution in [2.24, 2.45) is 7.05 Å². The molecule has 0 aliphatic rings. The summed E-state index contributed by atoms with van der Waals surface area (Å²) in [5, 5.41) is 0.667. The normalized spacial score (nSPS) is 11.8. The van der Waals surface area contributed by atoms with E-state index in [2.05, 4.69) is 0 Å². The van der Waals surface area contributed by atoms with Crippen LogP contribution in [0.4, 0.5) is 0 Å². The van der Waals surface area contributed by atoms with Crippen LogP contribution in [0.5, 0.6) is 5.75 Å². The molecule has 0 unspecified atom stereocenters. The summed E-state index contributed by atoms with van der Waals surface area (Å²) in [4.78, 5) is 12.2. The quantitative estimate of drug-likeness (QED) is 0.698. The molecule has 0 bridgehead atoms. The first-order chi connectivity index (χ1) is 11.8. The van der Waals surface area contributed by atoms with Crippen LogP contribution in [-0.2, 0) is 22.6 Å². The van der Waals surface area contributed by atoms with E-state index in [1.807, 2.05) is 6.92 Å². The minimum Gasteiger partial charge on any atom is -0.493 e. The summed E-state index contributed by atoms with van der Waals surface area (Å²) in [6, 6.07) is 7.02. The van der Waals surface area contributed by atoms with Gasteiger partial charge in [-0.2, -0.15) is 0 Å². The van der Waals surface area contributed by atoms with Gasteiger partial charge in [-0.3, -0.25) is 4.79 Å². The van der Waals surface area contributed by atoms with Crippen LogP contribution < -0.4 is 10.3 Å². The number of sulfone groups is 1. The zero-order valence-electron chi connectivity index (χ0n) is 14.3. The van der Waals surface area contributed by atoms with E-state index in [-0.39, 0.29) is 16.9 Å². The van der Waals surface area contributed by atoms with Crippen molar-refractivity contribution in [3.05, 3.63) is 52.6 Å². The topological polar surface area (TPSA) is 78.5 Å². The van der Waals surface area contributed by atoms with Crippen molar-refractivity contribution >= 4 is 20.8 Å². The highest BCUT2D eigenvalue weighted by Crippen LogP contribution is 2.35. The van der Waals surface area contributed by atoms with Crippen LogP contribution in [0.1, 0.15) is 12.5 Å². The van der Waals surface area contributed by atoms with Crippen LogP contribution in [-0.4, -0.2) is 25.8 Å². The molecule has 0 N–H and O–H groups in total. The Bertz CT molecular complexity index is 1090. The molecule has 0 aliphatic carbocycles. The number of aryl methyl sites for hydroxylation is 1. The number of benzene rings is 1. The zero-order valence-corrected chi connectivity index (χ0v) is 15.1. The third kappa shape index (κ3) is 3.46. The Morgan fingerprint density at radius 3 is 2.64 bits per heavy atom. The number of pyridine rings is 1. The molecule has 132 valence electrons. The highest BCUT2D eigenvalue weighted by molar-refractivity contribution is 7.89. The number of ether oxygens (including phenoxy) is 1. The van der Waals surface area contributed by atoms with Crippen molar-refractivity contribution in [3.8, 4) is 16.9 Å². The Labute approximate surface area is 145 Å². The molecule has 0 fully saturated rings.